The van der Waals surface area contributed by atoms with Crippen molar-refractivity contribution in [2.75, 3.05) is 17.7 Å². The van der Waals surface area contributed by atoms with Crippen LogP contribution in [0.2, 0.25) is 0 Å². The first-order valence-electron chi connectivity index (χ1n) is 8.04. The molecule has 7 nitrogen and oxygen atoms in total. The number of carbonyl (C=O) groups excluding carboxylic acids is 1. The molecule has 132 valence electrons. The second-order valence-electron chi connectivity index (χ2n) is 5.28. The van der Waals surface area contributed by atoms with Crippen molar-refractivity contribution in [1.29, 1.82) is 0 Å². The summed E-state index contributed by atoms with van der Waals surface area (Å²) in [6, 6.07) is 14.3. The topological polar surface area (TPSA) is 99.4 Å². The summed E-state index contributed by atoms with van der Waals surface area (Å²) in [5, 5.41) is 2.72. The van der Waals surface area contributed by atoms with Crippen molar-refractivity contribution in [1.82, 2.24) is 9.97 Å². The highest BCUT2D eigenvalue weighted by Gasteiger charge is 2.12. The van der Waals surface area contributed by atoms with Gasteiger partial charge in [-0.05, 0) is 55.5 Å². The molecule has 0 atom stereocenters. The van der Waals surface area contributed by atoms with Gasteiger partial charge in [-0.25, -0.2) is 9.97 Å². The molecule has 0 radical (unpaired) electrons. The van der Waals surface area contributed by atoms with Crippen molar-refractivity contribution >= 4 is 17.4 Å². The van der Waals surface area contributed by atoms with Crippen LogP contribution in [0.25, 0.3) is 0 Å². The highest BCUT2D eigenvalue weighted by molar-refractivity contribution is 6.05. The van der Waals surface area contributed by atoms with Gasteiger partial charge in [-0.2, -0.15) is 0 Å². The van der Waals surface area contributed by atoms with Crippen LogP contribution in [0, 0.1) is 0 Å². The summed E-state index contributed by atoms with van der Waals surface area (Å²) >= 11 is 0. The third kappa shape index (κ3) is 4.27. The summed E-state index contributed by atoms with van der Waals surface area (Å²) in [7, 11) is 0. The summed E-state index contributed by atoms with van der Waals surface area (Å²) in [4.78, 5) is 19.9. The molecule has 0 saturated heterocycles. The third-order valence-electron chi connectivity index (χ3n) is 3.42. The number of hydrogen-bond donors (Lipinski definition) is 2. The molecule has 3 N–H and O–H groups in total. The van der Waals surface area contributed by atoms with Crippen LogP contribution in [0.3, 0.4) is 0 Å². The molecule has 0 aliphatic heterocycles. The minimum atomic E-state index is -0.421. The molecule has 3 aromatic rings. The quantitative estimate of drug-likeness (QED) is 0.706. The molecular formula is C19H18N4O3. The lowest BCUT2D eigenvalue weighted by Gasteiger charge is -2.09. The predicted octanol–water partition coefficient (Wildman–Crippen LogP) is 3.50. The fraction of sp³-hybridized carbons (Fsp3) is 0.105. The molecule has 26 heavy (non-hydrogen) atoms. The van der Waals surface area contributed by atoms with Crippen LogP contribution in [0.15, 0.2) is 60.9 Å². The van der Waals surface area contributed by atoms with Crippen molar-refractivity contribution in [3.05, 3.63) is 66.6 Å². The number of nitrogens with one attached hydrogen (secondary N) is 1. The second-order valence-corrected chi connectivity index (χ2v) is 5.28. The Morgan fingerprint density at radius 1 is 0.962 bits per heavy atom. The minimum Gasteiger partial charge on any atom is -0.494 e. The van der Waals surface area contributed by atoms with Crippen LogP contribution >= 0.6 is 0 Å². The summed E-state index contributed by atoms with van der Waals surface area (Å²) < 4.78 is 11.2. The molecule has 0 aliphatic rings. The number of nitrogens with zero attached hydrogens (tertiary/aromatic N) is 2. The van der Waals surface area contributed by atoms with Crippen LogP contribution in [-0.2, 0) is 0 Å². The Bertz CT molecular complexity index is 880. The number of amides is 1. The van der Waals surface area contributed by atoms with Crippen molar-refractivity contribution in [2.45, 2.75) is 6.92 Å². The number of anilines is 2. The van der Waals surface area contributed by atoms with E-state index in [9.17, 15) is 4.79 Å². The summed E-state index contributed by atoms with van der Waals surface area (Å²) in [6.45, 7) is 2.55. The third-order valence-corrected chi connectivity index (χ3v) is 3.42. The van der Waals surface area contributed by atoms with E-state index in [0.29, 0.717) is 23.8 Å². The molecule has 3 rings (SSSR count). The fourth-order valence-electron chi connectivity index (χ4n) is 2.23. The van der Waals surface area contributed by atoms with E-state index < -0.39 is 5.91 Å². The Morgan fingerprint density at radius 2 is 1.54 bits per heavy atom. The van der Waals surface area contributed by atoms with Crippen molar-refractivity contribution in [3.63, 3.8) is 0 Å². The Hall–Kier alpha value is -3.61. The Labute approximate surface area is 150 Å². The first-order chi connectivity index (χ1) is 12.7. The van der Waals surface area contributed by atoms with E-state index in [-0.39, 0.29) is 11.5 Å². The number of rotatable bonds is 6. The van der Waals surface area contributed by atoms with Gasteiger partial charge in [-0.1, -0.05) is 0 Å². The first-order valence-corrected chi connectivity index (χ1v) is 8.04. The number of carbonyl (C=O) groups is 1. The summed E-state index contributed by atoms with van der Waals surface area (Å²) in [6.07, 6.45) is 2.85. The lowest BCUT2D eigenvalue weighted by Crippen LogP contribution is -2.16. The van der Waals surface area contributed by atoms with Gasteiger partial charge in [0.15, 0.2) is 11.5 Å². The van der Waals surface area contributed by atoms with Gasteiger partial charge in [0.25, 0.3) is 5.91 Å². The second kappa shape index (κ2) is 7.98. The molecule has 1 aromatic heterocycles. The largest absolute Gasteiger partial charge is 0.494 e. The zero-order valence-corrected chi connectivity index (χ0v) is 14.2. The molecule has 7 heteroatoms. The standard InChI is InChI=1S/C19H18N4O3/c1-2-25-14-7-9-16(10-8-14)26-15-5-3-13(4-6-15)23-19(24)17-18(20)22-12-11-21-17/h3-12H,2H2,1H3,(H2,20,22)(H,23,24). The molecule has 0 fully saturated rings. The van der Waals surface area contributed by atoms with Crippen LogP contribution in [0.5, 0.6) is 17.2 Å². The highest BCUT2D eigenvalue weighted by atomic mass is 16.5. The van der Waals surface area contributed by atoms with Gasteiger partial charge in [-0.3, -0.25) is 4.79 Å². The lowest BCUT2D eigenvalue weighted by atomic mass is 10.2. The van der Waals surface area contributed by atoms with E-state index in [1.54, 1.807) is 24.3 Å². The van der Waals surface area contributed by atoms with E-state index in [2.05, 4.69) is 15.3 Å². The summed E-state index contributed by atoms with van der Waals surface area (Å²) in [5.74, 6) is 1.79. The maximum atomic E-state index is 12.2. The van der Waals surface area contributed by atoms with Crippen molar-refractivity contribution in [3.8, 4) is 17.2 Å². The predicted molar refractivity (Wildman–Crippen MR) is 98.5 cm³/mol. The van der Waals surface area contributed by atoms with Gasteiger partial charge >= 0.3 is 0 Å². The van der Waals surface area contributed by atoms with E-state index in [1.165, 1.54) is 12.4 Å². The first kappa shape index (κ1) is 17.2. The normalized spacial score (nSPS) is 10.2. The maximum absolute atomic E-state index is 12.2. The van der Waals surface area contributed by atoms with Crippen molar-refractivity contribution in [2.24, 2.45) is 0 Å². The zero-order valence-electron chi connectivity index (χ0n) is 14.2. The number of nitrogen functional groups attached to an aromatic ring is 1. The minimum absolute atomic E-state index is 0.0838. The zero-order chi connectivity index (χ0) is 18.4. The van der Waals surface area contributed by atoms with E-state index in [1.807, 2.05) is 31.2 Å². The Balaban J connectivity index is 1.63. The van der Waals surface area contributed by atoms with Gasteiger partial charge in [0.1, 0.15) is 17.2 Å². The molecule has 0 bridgehead atoms. The van der Waals surface area contributed by atoms with Crippen LogP contribution in [0.1, 0.15) is 17.4 Å². The molecular weight excluding hydrogens is 332 g/mol. The molecule has 1 heterocycles. The average molecular weight is 350 g/mol. The maximum Gasteiger partial charge on any atom is 0.278 e. The number of hydrogen-bond acceptors (Lipinski definition) is 6. The van der Waals surface area contributed by atoms with Gasteiger partial charge in [-0.15, -0.1) is 0 Å². The van der Waals surface area contributed by atoms with Gasteiger partial charge in [0.05, 0.1) is 6.61 Å². The molecule has 0 unspecified atom stereocenters. The van der Waals surface area contributed by atoms with E-state index in [4.69, 9.17) is 15.2 Å². The number of aromatic nitrogens is 2. The van der Waals surface area contributed by atoms with Crippen LogP contribution in [-0.4, -0.2) is 22.5 Å². The van der Waals surface area contributed by atoms with Gasteiger partial charge in [0.2, 0.25) is 0 Å². The van der Waals surface area contributed by atoms with E-state index in [0.717, 1.165) is 5.75 Å². The SMILES string of the molecule is CCOc1ccc(Oc2ccc(NC(=O)c3nccnc3N)cc2)cc1. The van der Waals surface area contributed by atoms with Crippen LogP contribution in [0.4, 0.5) is 11.5 Å². The monoisotopic (exact) mass is 350 g/mol. The number of benzene rings is 2. The van der Waals surface area contributed by atoms with Gasteiger partial charge in [0, 0.05) is 18.1 Å². The highest BCUT2D eigenvalue weighted by Crippen LogP contribution is 2.25. The molecule has 1 amide bonds. The van der Waals surface area contributed by atoms with E-state index >= 15 is 0 Å². The molecule has 0 saturated carbocycles. The number of ether oxygens (including phenoxy) is 2. The lowest BCUT2D eigenvalue weighted by molar-refractivity contribution is 0.102. The molecule has 0 aliphatic carbocycles. The average Bonchev–Trinajstić information content (AvgIpc) is 2.65. The Morgan fingerprint density at radius 3 is 2.15 bits per heavy atom. The molecule has 2 aromatic carbocycles. The summed E-state index contributed by atoms with van der Waals surface area (Å²) in [5.41, 5.74) is 6.33. The fourth-order valence-corrected chi connectivity index (χ4v) is 2.23. The smallest absolute Gasteiger partial charge is 0.278 e. The van der Waals surface area contributed by atoms with Crippen molar-refractivity contribution < 1.29 is 14.3 Å². The Kier molecular flexibility index (Phi) is 5.28. The van der Waals surface area contributed by atoms with Gasteiger partial charge < -0.3 is 20.5 Å². The molecule has 0 spiro atoms. The number of nitrogens with two attached hydrogens (primary N) is 1. The van der Waals surface area contributed by atoms with Crippen LogP contribution < -0.4 is 20.5 Å².